The maximum absolute atomic E-state index is 10.7. The fourth-order valence-corrected chi connectivity index (χ4v) is 5.45. The molecule has 1 aliphatic rings. The fourth-order valence-electron chi connectivity index (χ4n) is 4.05. The van der Waals surface area contributed by atoms with Crippen molar-refractivity contribution >= 4 is 22.7 Å². The van der Waals surface area contributed by atoms with Gasteiger partial charge in [-0.2, -0.15) is 0 Å². The Bertz CT molecular complexity index is 969. The number of fused-ring (bicyclic) bond motifs is 1. The number of aliphatic hydroxyl groups excluding tert-OH is 4. The zero-order valence-corrected chi connectivity index (χ0v) is 17.2. The number of benzene rings is 2. The molecule has 0 bridgehead atoms. The van der Waals surface area contributed by atoms with Gasteiger partial charge in [0.25, 0.3) is 0 Å². The first kappa shape index (κ1) is 20.4. The Morgan fingerprint density at radius 1 is 0.897 bits per heavy atom. The van der Waals surface area contributed by atoms with E-state index in [1.165, 1.54) is 22.9 Å². The molecule has 4 rings (SSSR count). The minimum absolute atomic E-state index is 0.262. The Hall–Kier alpha value is -1.83. The van der Waals surface area contributed by atoms with Crippen molar-refractivity contribution in [2.45, 2.75) is 48.7 Å². The molecular weight excluding hydrogens is 386 g/mol. The minimum Gasteiger partial charge on any atom is -0.395 e. The number of nitrogens with zero attached hydrogens (tertiary/aromatic N) is 1. The fraction of sp³-hybridized carbons (Fsp3) is 0.391. The molecule has 1 unspecified atom stereocenters. The predicted molar refractivity (Wildman–Crippen MR) is 116 cm³/mol. The molecular formula is C23H27NO4S. The summed E-state index contributed by atoms with van der Waals surface area (Å²) >= 11 is 1.30. The monoisotopic (exact) mass is 413 g/mol. The van der Waals surface area contributed by atoms with Crippen LogP contribution in [0, 0.1) is 0 Å². The Kier molecular flexibility index (Phi) is 5.99. The smallest absolute Gasteiger partial charge is 0.112 e. The second-order valence-corrected chi connectivity index (χ2v) is 9.01. The van der Waals surface area contributed by atoms with Crippen molar-refractivity contribution in [2.24, 2.45) is 0 Å². The molecule has 5 nitrogen and oxygen atoms in total. The van der Waals surface area contributed by atoms with Gasteiger partial charge in [-0.1, -0.05) is 49.4 Å². The average molecular weight is 414 g/mol. The molecule has 1 aromatic heterocycles. The zero-order chi connectivity index (χ0) is 20.5. The molecule has 5 atom stereocenters. The van der Waals surface area contributed by atoms with E-state index in [1.807, 2.05) is 29.0 Å². The predicted octanol–water partition coefficient (Wildman–Crippen LogP) is 2.48. The lowest BCUT2D eigenvalue weighted by Crippen LogP contribution is -2.52. The van der Waals surface area contributed by atoms with Gasteiger partial charge in [0.2, 0.25) is 0 Å². The molecule has 0 saturated carbocycles. The van der Waals surface area contributed by atoms with E-state index < -0.39 is 28.9 Å². The molecule has 0 aliphatic carbocycles. The van der Waals surface area contributed by atoms with E-state index in [0.29, 0.717) is 0 Å². The lowest BCUT2D eigenvalue weighted by Gasteiger charge is -2.40. The van der Waals surface area contributed by atoms with Crippen LogP contribution < -0.4 is 0 Å². The molecule has 1 saturated heterocycles. The van der Waals surface area contributed by atoms with E-state index in [-0.39, 0.29) is 6.61 Å². The molecule has 3 aromatic rings. The normalized spacial score (nSPS) is 27.4. The summed E-state index contributed by atoms with van der Waals surface area (Å²) < 4.78 is 1.97. The quantitative estimate of drug-likeness (QED) is 0.516. The van der Waals surface area contributed by atoms with Gasteiger partial charge in [0, 0.05) is 17.1 Å². The molecule has 1 fully saturated rings. The number of aliphatic hydroxyl groups is 4. The maximum atomic E-state index is 10.7. The lowest BCUT2D eigenvalue weighted by molar-refractivity contribution is -0.0764. The van der Waals surface area contributed by atoms with Gasteiger partial charge in [-0.15, -0.1) is 11.8 Å². The van der Waals surface area contributed by atoms with Crippen molar-refractivity contribution in [2.75, 3.05) is 6.61 Å². The molecule has 0 spiro atoms. The number of hydrogen-bond donors (Lipinski definition) is 4. The highest BCUT2D eigenvalue weighted by atomic mass is 32.2. The lowest BCUT2D eigenvalue weighted by atomic mass is 10.0. The minimum atomic E-state index is -1.30. The molecule has 0 radical (unpaired) electrons. The number of thioether (sulfide) groups is 1. The maximum Gasteiger partial charge on any atom is 0.112 e. The van der Waals surface area contributed by atoms with Crippen LogP contribution in [-0.2, 0) is 12.8 Å². The van der Waals surface area contributed by atoms with Gasteiger partial charge < -0.3 is 25.0 Å². The number of aromatic nitrogens is 1. The van der Waals surface area contributed by atoms with Crippen molar-refractivity contribution in [3.8, 4) is 0 Å². The van der Waals surface area contributed by atoms with Gasteiger partial charge >= 0.3 is 0 Å². The first-order chi connectivity index (χ1) is 14.0. The van der Waals surface area contributed by atoms with E-state index in [2.05, 4.69) is 37.3 Å². The second kappa shape index (κ2) is 8.50. The molecule has 2 heterocycles. The van der Waals surface area contributed by atoms with Crippen molar-refractivity contribution < 1.29 is 20.4 Å². The zero-order valence-electron chi connectivity index (χ0n) is 16.3. The average Bonchev–Trinajstić information content (AvgIpc) is 3.11. The van der Waals surface area contributed by atoms with Crippen LogP contribution in [0.2, 0.25) is 0 Å². The van der Waals surface area contributed by atoms with Crippen molar-refractivity contribution in [1.29, 1.82) is 0 Å². The highest BCUT2D eigenvalue weighted by Gasteiger charge is 2.44. The van der Waals surface area contributed by atoms with Crippen LogP contribution in [0.3, 0.4) is 0 Å². The van der Waals surface area contributed by atoms with Gasteiger partial charge in [0.15, 0.2) is 0 Å². The van der Waals surface area contributed by atoms with Crippen LogP contribution >= 0.6 is 11.8 Å². The van der Waals surface area contributed by atoms with Crippen LogP contribution in [0.5, 0.6) is 0 Å². The molecule has 0 amide bonds. The first-order valence-electron chi connectivity index (χ1n) is 10.00. The molecule has 2 aromatic carbocycles. The van der Waals surface area contributed by atoms with Crippen molar-refractivity contribution in [3.63, 3.8) is 0 Å². The highest BCUT2D eigenvalue weighted by molar-refractivity contribution is 8.00. The van der Waals surface area contributed by atoms with Gasteiger partial charge in [-0.05, 0) is 35.6 Å². The second-order valence-electron chi connectivity index (χ2n) is 7.65. The van der Waals surface area contributed by atoms with E-state index in [4.69, 9.17) is 0 Å². The van der Waals surface area contributed by atoms with Crippen LogP contribution in [0.4, 0.5) is 0 Å². The van der Waals surface area contributed by atoms with E-state index in [1.54, 1.807) is 0 Å². The molecule has 154 valence electrons. The molecule has 4 N–H and O–H groups in total. The summed E-state index contributed by atoms with van der Waals surface area (Å²) in [7, 11) is 0. The summed E-state index contributed by atoms with van der Waals surface area (Å²) in [6, 6.07) is 16.6. The van der Waals surface area contributed by atoms with Crippen molar-refractivity contribution in [3.05, 3.63) is 71.4 Å². The van der Waals surface area contributed by atoms with Crippen LogP contribution in [0.15, 0.2) is 54.7 Å². The van der Waals surface area contributed by atoms with Crippen LogP contribution in [-0.4, -0.2) is 55.2 Å². The third kappa shape index (κ3) is 3.83. The molecule has 6 heteroatoms. The summed E-state index contributed by atoms with van der Waals surface area (Å²) in [4.78, 5) is 0. The van der Waals surface area contributed by atoms with E-state index >= 15 is 0 Å². The summed E-state index contributed by atoms with van der Waals surface area (Å²) in [5.41, 5.74) is 4.62. The topological polar surface area (TPSA) is 85.9 Å². The SMILES string of the molecule is CCc1ccc(Cc2cn(C3S[C@H](CO)[C@@H](O)[C@H](O)[C@H]3O)c3ccccc23)cc1. The summed E-state index contributed by atoms with van der Waals surface area (Å²) in [5.74, 6) is 0. The molecule has 29 heavy (non-hydrogen) atoms. The Labute approximate surface area is 174 Å². The Morgan fingerprint density at radius 2 is 1.59 bits per heavy atom. The third-order valence-corrected chi connectivity index (χ3v) is 7.35. The van der Waals surface area contributed by atoms with Crippen LogP contribution in [0.1, 0.15) is 29.0 Å². The number of rotatable bonds is 5. The van der Waals surface area contributed by atoms with Gasteiger partial charge in [-0.25, -0.2) is 0 Å². The Morgan fingerprint density at radius 3 is 2.28 bits per heavy atom. The number of hydrogen-bond acceptors (Lipinski definition) is 5. The van der Waals surface area contributed by atoms with Gasteiger partial charge in [-0.3, -0.25) is 0 Å². The highest BCUT2D eigenvalue weighted by Crippen LogP contribution is 2.42. The van der Waals surface area contributed by atoms with Gasteiger partial charge in [0.1, 0.15) is 17.6 Å². The Balaban J connectivity index is 1.72. The number of para-hydroxylation sites is 1. The van der Waals surface area contributed by atoms with Gasteiger partial charge in [0.05, 0.1) is 18.0 Å². The summed E-state index contributed by atoms with van der Waals surface area (Å²) in [5, 5.41) is 40.7. The van der Waals surface area contributed by atoms with Crippen LogP contribution in [0.25, 0.3) is 10.9 Å². The number of aryl methyl sites for hydroxylation is 1. The summed E-state index contributed by atoms with van der Waals surface area (Å²) in [6.45, 7) is 1.88. The summed E-state index contributed by atoms with van der Waals surface area (Å²) in [6.07, 6.45) is 0.207. The molecule has 1 aliphatic heterocycles. The van der Waals surface area contributed by atoms with Crippen molar-refractivity contribution in [1.82, 2.24) is 4.57 Å². The first-order valence-corrected chi connectivity index (χ1v) is 10.9. The standard InChI is InChI=1S/C23H27NO4S/c1-2-14-7-9-15(10-8-14)11-16-12-24(18-6-4-3-5-17(16)18)23-22(28)21(27)20(26)19(13-25)29-23/h3-10,12,19-23,25-28H,2,11,13H2,1H3/t19-,20-,21+,22-,23?/m1/s1. The third-order valence-electron chi connectivity index (χ3n) is 5.79. The largest absolute Gasteiger partial charge is 0.395 e. The van der Waals surface area contributed by atoms with E-state index in [0.717, 1.165) is 29.3 Å². The van der Waals surface area contributed by atoms with E-state index in [9.17, 15) is 20.4 Å².